The Morgan fingerprint density at radius 2 is 1.89 bits per heavy atom. The second-order valence-electron chi connectivity index (χ2n) is 4.86. The minimum absolute atomic E-state index is 0.215. The van der Waals surface area contributed by atoms with Crippen LogP contribution >= 0.6 is 0 Å². The Kier molecular flexibility index (Phi) is 9.28. The van der Waals surface area contributed by atoms with Crippen molar-refractivity contribution in [2.75, 3.05) is 13.7 Å². The number of carbonyl (C=O) groups is 2. The van der Waals surface area contributed by atoms with Gasteiger partial charge in [0.15, 0.2) is 0 Å². The van der Waals surface area contributed by atoms with Crippen molar-refractivity contribution >= 4 is 11.9 Å². The first-order chi connectivity index (χ1) is 8.47. The third-order valence-electron chi connectivity index (χ3n) is 2.65. The number of carboxylic acids is 1. The van der Waals surface area contributed by atoms with Crippen LogP contribution in [0, 0.1) is 5.92 Å². The van der Waals surface area contributed by atoms with Crippen LogP contribution in [0.1, 0.15) is 46.0 Å². The fourth-order valence-corrected chi connectivity index (χ4v) is 1.73. The molecule has 2 N–H and O–H groups in total. The molecule has 18 heavy (non-hydrogen) atoms. The number of esters is 1. The molecule has 0 aromatic rings. The van der Waals surface area contributed by atoms with Gasteiger partial charge >= 0.3 is 11.9 Å². The number of aliphatic carboxylic acids is 1. The molecule has 0 heterocycles. The van der Waals surface area contributed by atoms with Crippen LogP contribution in [0.3, 0.4) is 0 Å². The monoisotopic (exact) mass is 259 g/mol. The predicted octanol–water partition coefficient (Wildman–Crippen LogP) is 1.81. The van der Waals surface area contributed by atoms with E-state index in [9.17, 15) is 9.59 Å². The van der Waals surface area contributed by atoms with E-state index in [-0.39, 0.29) is 18.4 Å². The number of hydrogen-bond acceptors (Lipinski definition) is 4. The highest BCUT2D eigenvalue weighted by Gasteiger charge is 2.19. The van der Waals surface area contributed by atoms with Crippen molar-refractivity contribution in [1.29, 1.82) is 0 Å². The molecule has 5 heteroatoms. The van der Waals surface area contributed by atoms with Gasteiger partial charge in [0.2, 0.25) is 0 Å². The maximum absolute atomic E-state index is 11.5. The maximum atomic E-state index is 11.5. The lowest BCUT2D eigenvalue weighted by Crippen LogP contribution is -2.39. The zero-order valence-corrected chi connectivity index (χ0v) is 11.6. The normalized spacial score (nSPS) is 12.4. The summed E-state index contributed by atoms with van der Waals surface area (Å²) in [6.07, 6.45) is 3.38. The molecular weight excluding hydrogens is 234 g/mol. The van der Waals surface area contributed by atoms with Crippen LogP contribution in [0.5, 0.6) is 0 Å². The van der Waals surface area contributed by atoms with Gasteiger partial charge in [-0.3, -0.25) is 9.59 Å². The van der Waals surface area contributed by atoms with Crippen molar-refractivity contribution in [2.45, 2.75) is 52.0 Å². The molecule has 0 fully saturated rings. The number of carbonyl (C=O) groups excluding carboxylic acids is 1. The lowest BCUT2D eigenvalue weighted by Gasteiger charge is -2.18. The van der Waals surface area contributed by atoms with E-state index in [0.29, 0.717) is 18.9 Å². The summed E-state index contributed by atoms with van der Waals surface area (Å²) in [5, 5.41) is 11.7. The highest BCUT2D eigenvalue weighted by atomic mass is 16.5. The average Bonchev–Trinajstić information content (AvgIpc) is 2.30. The van der Waals surface area contributed by atoms with Crippen LogP contribution < -0.4 is 5.32 Å². The topological polar surface area (TPSA) is 75.6 Å². The van der Waals surface area contributed by atoms with Gasteiger partial charge in [0.1, 0.15) is 6.04 Å². The van der Waals surface area contributed by atoms with Gasteiger partial charge in [-0.2, -0.15) is 0 Å². The summed E-state index contributed by atoms with van der Waals surface area (Å²) in [7, 11) is 1.39. The first kappa shape index (κ1) is 16.9. The summed E-state index contributed by atoms with van der Waals surface area (Å²) in [6.45, 7) is 4.83. The van der Waals surface area contributed by atoms with Crippen LogP contribution in [0.15, 0.2) is 0 Å². The molecule has 0 aliphatic carbocycles. The van der Waals surface area contributed by atoms with E-state index in [2.05, 4.69) is 19.2 Å². The Labute approximate surface area is 109 Å². The molecule has 106 valence electrons. The van der Waals surface area contributed by atoms with Gasteiger partial charge in [-0.1, -0.05) is 20.3 Å². The number of ether oxygens (including phenoxy) is 1. The molecule has 0 rings (SSSR count). The van der Waals surface area contributed by atoms with Gasteiger partial charge in [0.25, 0.3) is 0 Å². The molecule has 0 aromatic carbocycles. The average molecular weight is 259 g/mol. The minimum Gasteiger partial charge on any atom is -0.481 e. The molecule has 1 atom stereocenters. The highest BCUT2D eigenvalue weighted by molar-refractivity contribution is 5.75. The molecule has 0 bridgehead atoms. The molecular formula is C13H25NO4. The number of methoxy groups -OCH3 is 1. The van der Waals surface area contributed by atoms with Crippen molar-refractivity contribution in [3.63, 3.8) is 0 Å². The van der Waals surface area contributed by atoms with E-state index in [4.69, 9.17) is 9.84 Å². The van der Waals surface area contributed by atoms with Crippen LogP contribution in [0.4, 0.5) is 0 Å². The van der Waals surface area contributed by atoms with Gasteiger partial charge in [0.05, 0.1) is 7.11 Å². The zero-order chi connectivity index (χ0) is 14.0. The first-order valence-corrected chi connectivity index (χ1v) is 6.50. The number of unbranched alkanes of at least 4 members (excludes halogenated alkanes) is 2. The van der Waals surface area contributed by atoms with Crippen LogP contribution in [-0.4, -0.2) is 36.7 Å². The molecule has 0 saturated carbocycles. The fourth-order valence-electron chi connectivity index (χ4n) is 1.73. The van der Waals surface area contributed by atoms with Crippen molar-refractivity contribution < 1.29 is 19.4 Å². The zero-order valence-electron chi connectivity index (χ0n) is 11.6. The molecule has 0 radical (unpaired) electrons. The highest BCUT2D eigenvalue weighted by Crippen LogP contribution is 2.07. The van der Waals surface area contributed by atoms with Crippen LogP contribution in [0.2, 0.25) is 0 Å². The number of carboxylic acid groups (broad SMARTS) is 1. The Morgan fingerprint density at radius 1 is 1.22 bits per heavy atom. The second-order valence-corrected chi connectivity index (χ2v) is 4.86. The Balaban J connectivity index is 3.76. The van der Waals surface area contributed by atoms with Gasteiger partial charge < -0.3 is 15.2 Å². The smallest absolute Gasteiger partial charge is 0.322 e. The molecule has 5 nitrogen and oxygen atoms in total. The lowest BCUT2D eigenvalue weighted by atomic mass is 10.0. The first-order valence-electron chi connectivity index (χ1n) is 6.50. The van der Waals surface area contributed by atoms with Gasteiger partial charge in [-0.05, 0) is 31.7 Å². The summed E-state index contributed by atoms with van der Waals surface area (Å²) >= 11 is 0. The Morgan fingerprint density at radius 3 is 2.39 bits per heavy atom. The third-order valence-corrected chi connectivity index (χ3v) is 2.65. The molecule has 0 amide bonds. The number of rotatable bonds is 10. The standard InChI is InChI=1S/C13H25NO4/c1-10(2)9-11(13(17)18-3)14-8-6-4-5-7-12(15)16/h10-11,14H,4-9H2,1-3H3,(H,15,16). The van der Waals surface area contributed by atoms with E-state index >= 15 is 0 Å². The molecule has 0 saturated heterocycles. The summed E-state index contributed by atoms with van der Waals surface area (Å²) in [5.41, 5.74) is 0. The van der Waals surface area contributed by atoms with Gasteiger partial charge in [0, 0.05) is 6.42 Å². The molecule has 0 spiro atoms. The van der Waals surface area contributed by atoms with Crippen LogP contribution in [-0.2, 0) is 14.3 Å². The predicted molar refractivity (Wildman–Crippen MR) is 69.4 cm³/mol. The molecule has 0 aliphatic rings. The lowest BCUT2D eigenvalue weighted by molar-refractivity contribution is -0.143. The Bertz CT molecular complexity index is 253. The second kappa shape index (κ2) is 9.88. The minimum atomic E-state index is -0.754. The maximum Gasteiger partial charge on any atom is 0.322 e. The van der Waals surface area contributed by atoms with Crippen molar-refractivity contribution in [3.05, 3.63) is 0 Å². The van der Waals surface area contributed by atoms with E-state index in [1.54, 1.807) is 0 Å². The van der Waals surface area contributed by atoms with Gasteiger partial charge in [-0.15, -0.1) is 0 Å². The van der Waals surface area contributed by atoms with E-state index in [0.717, 1.165) is 19.3 Å². The molecule has 0 aliphatic heterocycles. The Hall–Kier alpha value is -1.10. The molecule has 1 unspecified atom stereocenters. The summed E-state index contributed by atoms with van der Waals surface area (Å²) in [6, 6.07) is -0.255. The third kappa shape index (κ3) is 8.98. The summed E-state index contributed by atoms with van der Waals surface area (Å²) in [5.74, 6) is -0.557. The summed E-state index contributed by atoms with van der Waals surface area (Å²) in [4.78, 5) is 21.8. The fraction of sp³-hybridized carbons (Fsp3) is 0.846. The van der Waals surface area contributed by atoms with E-state index in [1.165, 1.54) is 7.11 Å². The van der Waals surface area contributed by atoms with Gasteiger partial charge in [-0.25, -0.2) is 0 Å². The van der Waals surface area contributed by atoms with Crippen molar-refractivity contribution in [2.24, 2.45) is 5.92 Å². The van der Waals surface area contributed by atoms with E-state index in [1.807, 2.05) is 0 Å². The molecule has 0 aromatic heterocycles. The summed E-state index contributed by atoms with van der Waals surface area (Å²) < 4.78 is 4.74. The SMILES string of the molecule is COC(=O)C(CC(C)C)NCCCCCC(=O)O. The largest absolute Gasteiger partial charge is 0.481 e. The van der Waals surface area contributed by atoms with Crippen molar-refractivity contribution in [3.8, 4) is 0 Å². The van der Waals surface area contributed by atoms with Crippen LogP contribution in [0.25, 0.3) is 0 Å². The number of hydrogen-bond donors (Lipinski definition) is 2. The van der Waals surface area contributed by atoms with Crippen molar-refractivity contribution in [1.82, 2.24) is 5.32 Å². The van der Waals surface area contributed by atoms with E-state index < -0.39 is 5.97 Å². The quantitative estimate of drug-likeness (QED) is 0.462. The number of nitrogens with one attached hydrogen (secondary N) is 1.